The molecular formula is C16H22ClNO. The largest absolute Gasteiger partial charge is 0.372 e. The predicted molar refractivity (Wildman–Crippen MR) is 78.7 cm³/mol. The molecule has 1 fully saturated rings. The van der Waals surface area contributed by atoms with Crippen molar-refractivity contribution in [3.8, 4) is 0 Å². The first-order valence-corrected chi connectivity index (χ1v) is 7.81. The summed E-state index contributed by atoms with van der Waals surface area (Å²) in [7, 11) is 0. The van der Waals surface area contributed by atoms with Gasteiger partial charge in [-0.15, -0.1) is 11.6 Å². The summed E-state index contributed by atoms with van der Waals surface area (Å²) >= 11 is 6.15. The molecule has 1 aromatic rings. The van der Waals surface area contributed by atoms with Crippen molar-refractivity contribution in [1.29, 1.82) is 0 Å². The molecule has 1 aromatic carbocycles. The maximum absolute atomic E-state index is 6.15. The highest BCUT2D eigenvalue weighted by atomic mass is 35.5. The molecule has 3 unspecified atom stereocenters. The Morgan fingerprint density at radius 2 is 2.11 bits per heavy atom. The molecule has 0 aromatic heterocycles. The number of halogens is 1. The van der Waals surface area contributed by atoms with Crippen molar-refractivity contribution in [2.45, 2.75) is 37.2 Å². The molecule has 1 heterocycles. The number of nitrogens with one attached hydrogen (secondary N) is 1. The van der Waals surface area contributed by atoms with E-state index in [9.17, 15) is 0 Å². The molecule has 0 bridgehead atoms. The minimum atomic E-state index is 0.221. The van der Waals surface area contributed by atoms with Gasteiger partial charge in [-0.05, 0) is 49.3 Å². The van der Waals surface area contributed by atoms with Gasteiger partial charge in [0.05, 0.1) is 12.7 Å². The number of hydrogen-bond acceptors (Lipinski definition) is 2. The van der Waals surface area contributed by atoms with Crippen molar-refractivity contribution in [1.82, 2.24) is 5.32 Å². The predicted octanol–water partition coefficient (Wildman–Crippen LogP) is 3.30. The SMILES string of the molecule is ClC1CCC(CNCC2OCCc3ccccc32)C1. The molecule has 0 saturated heterocycles. The second-order valence-corrected chi connectivity index (χ2v) is 6.36. The van der Waals surface area contributed by atoms with Crippen LogP contribution in [0.3, 0.4) is 0 Å². The first kappa shape index (κ1) is 13.4. The molecule has 1 aliphatic heterocycles. The van der Waals surface area contributed by atoms with Gasteiger partial charge in [0.25, 0.3) is 0 Å². The van der Waals surface area contributed by atoms with Crippen LogP contribution in [-0.4, -0.2) is 25.1 Å². The number of hydrogen-bond donors (Lipinski definition) is 1. The fourth-order valence-corrected chi connectivity index (χ4v) is 3.64. The zero-order valence-corrected chi connectivity index (χ0v) is 12.0. The molecule has 104 valence electrons. The van der Waals surface area contributed by atoms with E-state index < -0.39 is 0 Å². The van der Waals surface area contributed by atoms with Crippen molar-refractivity contribution < 1.29 is 4.74 Å². The number of benzene rings is 1. The molecule has 1 N–H and O–H groups in total. The summed E-state index contributed by atoms with van der Waals surface area (Å²) in [5, 5.41) is 3.98. The lowest BCUT2D eigenvalue weighted by Crippen LogP contribution is -2.30. The Labute approximate surface area is 120 Å². The summed E-state index contributed by atoms with van der Waals surface area (Å²) in [5.41, 5.74) is 2.81. The molecular weight excluding hydrogens is 258 g/mol. The van der Waals surface area contributed by atoms with Crippen molar-refractivity contribution in [3.63, 3.8) is 0 Å². The normalized spacial score (nSPS) is 30.3. The first-order valence-electron chi connectivity index (χ1n) is 7.37. The van der Waals surface area contributed by atoms with Crippen LogP contribution in [0.25, 0.3) is 0 Å². The Hall–Kier alpha value is -0.570. The fraction of sp³-hybridized carbons (Fsp3) is 0.625. The zero-order valence-electron chi connectivity index (χ0n) is 11.3. The second kappa shape index (κ2) is 6.25. The van der Waals surface area contributed by atoms with Crippen LogP contribution in [0, 0.1) is 5.92 Å². The topological polar surface area (TPSA) is 21.3 Å². The van der Waals surface area contributed by atoms with Crippen LogP contribution < -0.4 is 5.32 Å². The van der Waals surface area contributed by atoms with Gasteiger partial charge in [-0.2, -0.15) is 0 Å². The van der Waals surface area contributed by atoms with Gasteiger partial charge in [-0.1, -0.05) is 24.3 Å². The maximum Gasteiger partial charge on any atom is 0.0952 e. The van der Waals surface area contributed by atoms with Crippen LogP contribution in [0.4, 0.5) is 0 Å². The molecule has 3 heteroatoms. The van der Waals surface area contributed by atoms with Crippen LogP contribution in [0.2, 0.25) is 0 Å². The molecule has 19 heavy (non-hydrogen) atoms. The molecule has 0 amide bonds. The van der Waals surface area contributed by atoms with Crippen LogP contribution in [0.1, 0.15) is 36.5 Å². The number of fused-ring (bicyclic) bond motifs is 1. The van der Waals surface area contributed by atoms with E-state index in [4.69, 9.17) is 16.3 Å². The monoisotopic (exact) mass is 279 g/mol. The van der Waals surface area contributed by atoms with E-state index >= 15 is 0 Å². The highest BCUT2D eigenvalue weighted by Crippen LogP contribution is 2.29. The number of ether oxygens (including phenoxy) is 1. The van der Waals surface area contributed by atoms with Crippen molar-refractivity contribution in [3.05, 3.63) is 35.4 Å². The summed E-state index contributed by atoms with van der Waals surface area (Å²) in [4.78, 5) is 0. The Morgan fingerprint density at radius 3 is 2.95 bits per heavy atom. The first-order chi connectivity index (χ1) is 9.33. The third-order valence-corrected chi connectivity index (χ3v) is 4.73. The van der Waals surface area contributed by atoms with Gasteiger partial charge in [0, 0.05) is 11.9 Å². The highest BCUT2D eigenvalue weighted by Gasteiger charge is 2.24. The quantitative estimate of drug-likeness (QED) is 0.854. The summed E-state index contributed by atoms with van der Waals surface area (Å²) in [6.07, 6.45) is 4.87. The van der Waals surface area contributed by atoms with Crippen molar-refractivity contribution in [2.75, 3.05) is 19.7 Å². The van der Waals surface area contributed by atoms with E-state index in [0.29, 0.717) is 5.38 Å². The third kappa shape index (κ3) is 3.31. The van der Waals surface area contributed by atoms with Gasteiger partial charge < -0.3 is 10.1 Å². The van der Waals surface area contributed by atoms with Crippen molar-refractivity contribution in [2.24, 2.45) is 5.92 Å². The summed E-state index contributed by atoms with van der Waals surface area (Å²) in [6, 6.07) is 8.65. The Morgan fingerprint density at radius 1 is 1.21 bits per heavy atom. The Kier molecular flexibility index (Phi) is 4.42. The van der Waals surface area contributed by atoms with E-state index in [1.807, 2.05) is 0 Å². The summed E-state index contributed by atoms with van der Waals surface area (Å²) in [6.45, 7) is 2.84. The van der Waals surface area contributed by atoms with Gasteiger partial charge in [-0.3, -0.25) is 0 Å². The summed E-state index contributed by atoms with van der Waals surface area (Å²) in [5.74, 6) is 0.751. The van der Waals surface area contributed by atoms with E-state index in [0.717, 1.165) is 38.5 Å². The smallest absolute Gasteiger partial charge is 0.0952 e. The lowest BCUT2D eigenvalue weighted by atomic mass is 9.97. The van der Waals surface area contributed by atoms with Crippen LogP contribution in [0.15, 0.2) is 24.3 Å². The van der Waals surface area contributed by atoms with E-state index in [1.165, 1.54) is 24.0 Å². The molecule has 0 radical (unpaired) electrons. The molecule has 3 atom stereocenters. The minimum absolute atomic E-state index is 0.221. The lowest BCUT2D eigenvalue weighted by molar-refractivity contribution is 0.0420. The van der Waals surface area contributed by atoms with Crippen molar-refractivity contribution >= 4 is 11.6 Å². The number of alkyl halides is 1. The number of rotatable bonds is 4. The van der Waals surface area contributed by atoms with Gasteiger partial charge in [0.2, 0.25) is 0 Å². The maximum atomic E-state index is 6.15. The Bertz CT molecular complexity index is 423. The molecule has 0 spiro atoms. The minimum Gasteiger partial charge on any atom is -0.372 e. The standard InChI is InChI=1S/C16H22ClNO/c17-14-6-5-12(9-14)10-18-11-16-15-4-2-1-3-13(15)7-8-19-16/h1-4,12,14,16,18H,5-11H2. The van der Waals surface area contributed by atoms with Gasteiger partial charge >= 0.3 is 0 Å². The van der Waals surface area contributed by atoms with Crippen LogP contribution >= 0.6 is 11.6 Å². The average molecular weight is 280 g/mol. The van der Waals surface area contributed by atoms with Gasteiger partial charge in [-0.25, -0.2) is 0 Å². The second-order valence-electron chi connectivity index (χ2n) is 5.74. The van der Waals surface area contributed by atoms with E-state index in [-0.39, 0.29) is 6.10 Å². The van der Waals surface area contributed by atoms with Gasteiger partial charge in [0.1, 0.15) is 0 Å². The van der Waals surface area contributed by atoms with Gasteiger partial charge in [0.15, 0.2) is 0 Å². The highest BCUT2D eigenvalue weighted by molar-refractivity contribution is 6.20. The Balaban J connectivity index is 1.51. The van der Waals surface area contributed by atoms with E-state index in [2.05, 4.69) is 29.6 Å². The zero-order chi connectivity index (χ0) is 13.1. The van der Waals surface area contributed by atoms with E-state index in [1.54, 1.807) is 0 Å². The summed E-state index contributed by atoms with van der Waals surface area (Å²) < 4.78 is 5.90. The van der Waals surface area contributed by atoms with Crippen LogP contribution in [-0.2, 0) is 11.2 Å². The molecule has 2 nitrogen and oxygen atoms in total. The average Bonchev–Trinajstić information content (AvgIpc) is 2.85. The molecule has 2 aliphatic rings. The molecule has 1 saturated carbocycles. The third-order valence-electron chi connectivity index (χ3n) is 4.33. The van der Waals surface area contributed by atoms with Crippen LogP contribution in [0.5, 0.6) is 0 Å². The fourth-order valence-electron chi connectivity index (χ4n) is 3.26. The molecule has 1 aliphatic carbocycles. The lowest BCUT2D eigenvalue weighted by Gasteiger charge is -2.26. The molecule has 3 rings (SSSR count).